The van der Waals surface area contributed by atoms with Crippen LogP contribution < -0.4 is 14.2 Å². The van der Waals surface area contributed by atoms with Crippen LogP contribution in [0.5, 0.6) is 28.7 Å². The van der Waals surface area contributed by atoms with Gasteiger partial charge in [-0.1, -0.05) is 50.2 Å². The first-order valence-corrected chi connectivity index (χ1v) is 12.7. The fourth-order valence-corrected chi connectivity index (χ4v) is 4.22. The van der Waals surface area contributed by atoms with Crippen molar-refractivity contribution in [3.05, 3.63) is 101 Å². The Hall–Kier alpha value is -3.99. The molecule has 5 heteroatoms. The second-order valence-corrected chi connectivity index (χ2v) is 8.84. The molecule has 0 spiro atoms. The summed E-state index contributed by atoms with van der Waals surface area (Å²) in [4.78, 5) is 0. The summed E-state index contributed by atoms with van der Waals surface area (Å²) < 4.78 is 31.6. The van der Waals surface area contributed by atoms with Crippen molar-refractivity contribution in [1.29, 1.82) is 0 Å². The maximum absolute atomic E-state index is 13.3. The summed E-state index contributed by atoms with van der Waals surface area (Å²) in [6.07, 6.45) is 2.21. The highest BCUT2D eigenvalue weighted by molar-refractivity contribution is 5.72. The summed E-state index contributed by atoms with van der Waals surface area (Å²) in [7, 11) is 0. The predicted molar refractivity (Wildman–Crippen MR) is 146 cm³/mol. The number of hydrogen-bond acceptors (Lipinski definition) is 4. The van der Waals surface area contributed by atoms with E-state index in [0.717, 1.165) is 52.3 Å². The molecule has 0 saturated carbocycles. The summed E-state index contributed by atoms with van der Waals surface area (Å²) in [6, 6.07) is 23.5. The first-order valence-electron chi connectivity index (χ1n) is 12.7. The molecule has 0 bridgehead atoms. The van der Waals surface area contributed by atoms with Crippen LogP contribution in [-0.4, -0.2) is 18.3 Å². The second-order valence-electron chi connectivity index (χ2n) is 8.84. The molecule has 0 unspecified atom stereocenters. The number of halogens is 1. The third-order valence-electron chi connectivity index (χ3n) is 6.28. The van der Waals surface area contributed by atoms with E-state index in [-0.39, 0.29) is 11.6 Å². The van der Waals surface area contributed by atoms with Crippen LogP contribution in [0.3, 0.4) is 0 Å². The van der Waals surface area contributed by atoms with Gasteiger partial charge in [-0.25, -0.2) is 4.39 Å². The van der Waals surface area contributed by atoms with Crippen molar-refractivity contribution in [2.24, 2.45) is 0 Å². The van der Waals surface area contributed by atoms with E-state index in [1.54, 1.807) is 18.2 Å². The van der Waals surface area contributed by atoms with E-state index in [9.17, 15) is 9.50 Å². The van der Waals surface area contributed by atoms with E-state index < -0.39 is 0 Å². The molecular formula is C32H33FO4. The molecule has 0 aliphatic rings. The molecule has 4 nitrogen and oxygen atoms in total. The molecule has 0 aliphatic carbocycles. The normalized spacial score (nSPS) is 10.8. The number of benzene rings is 4. The van der Waals surface area contributed by atoms with Crippen LogP contribution in [-0.2, 0) is 12.8 Å². The fourth-order valence-electron chi connectivity index (χ4n) is 4.22. The highest BCUT2D eigenvalue weighted by Gasteiger charge is 2.13. The number of para-hydroxylation sites is 1. The van der Waals surface area contributed by atoms with Gasteiger partial charge >= 0.3 is 0 Å². The molecule has 4 aromatic rings. The largest absolute Gasteiger partial charge is 0.507 e. The van der Waals surface area contributed by atoms with E-state index in [1.807, 2.05) is 62.4 Å². The predicted octanol–water partition coefficient (Wildman–Crippen LogP) is 8.27. The lowest BCUT2D eigenvalue weighted by atomic mass is 10.00. The molecule has 37 heavy (non-hydrogen) atoms. The van der Waals surface area contributed by atoms with E-state index in [1.165, 1.54) is 12.1 Å². The molecule has 0 aromatic heterocycles. The van der Waals surface area contributed by atoms with Crippen molar-refractivity contribution >= 4 is 0 Å². The molecule has 0 saturated heterocycles. The molecule has 0 fully saturated rings. The van der Waals surface area contributed by atoms with Crippen LogP contribution in [0.4, 0.5) is 4.39 Å². The molecular weight excluding hydrogens is 467 g/mol. The number of phenols is 1. The SMILES string of the molecule is CCc1cc(-c2ccc(F)cc2)c(O)cc1OCCCOc1cccc(Oc2ccccc2C)c1CC. The monoisotopic (exact) mass is 500 g/mol. The molecule has 4 aromatic carbocycles. The Labute approximate surface area is 218 Å². The number of ether oxygens (including phenoxy) is 3. The highest BCUT2D eigenvalue weighted by Crippen LogP contribution is 2.36. The van der Waals surface area contributed by atoms with E-state index in [2.05, 4.69) is 6.92 Å². The van der Waals surface area contributed by atoms with Crippen molar-refractivity contribution in [3.8, 4) is 39.9 Å². The minimum atomic E-state index is -0.308. The van der Waals surface area contributed by atoms with Gasteiger partial charge < -0.3 is 19.3 Å². The molecule has 1 N–H and O–H groups in total. The molecule has 0 atom stereocenters. The third-order valence-corrected chi connectivity index (χ3v) is 6.28. The average Bonchev–Trinajstić information content (AvgIpc) is 2.90. The number of rotatable bonds is 11. The fraction of sp³-hybridized carbons (Fsp3) is 0.250. The average molecular weight is 501 g/mol. The van der Waals surface area contributed by atoms with Gasteiger partial charge in [-0.05, 0) is 72.9 Å². The summed E-state index contributed by atoms with van der Waals surface area (Å²) in [6.45, 7) is 7.09. The summed E-state index contributed by atoms with van der Waals surface area (Å²) >= 11 is 0. The van der Waals surface area contributed by atoms with E-state index in [0.29, 0.717) is 30.9 Å². The standard InChI is InChI=1S/C32H33FO4/c1-4-23-20-27(24-14-16-25(33)17-15-24)28(34)21-32(23)36-19-9-18-35-30-12-8-13-31(26(30)5-2)37-29-11-7-6-10-22(29)3/h6-8,10-17,20-21,34H,4-5,9,18-19H2,1-3H3. The van der Waals surface area contributed by atoms with E-state index in [4.69, 9.17) is 14.2 Å². The lowest BCUT2D eigenvalue weighted by Crippen LogP contribution is -2.07. The van der Waals surface area contributed by atoms with Crippen molar-refractivity contribution in [2.75, 3.05) is 13.2 Å². The van der Waals surface area contributed by atoms with Crippen LogP contribution in [0.1, 0.15) is 37.0 Å². The molecule has 192 valence electrons. The Morgan fingerprint density at radius 1 is 0.730 bits per heavy atom. The van der Waals surface area contributed by atoms with Gasteiger partial charge in [0, 0.05) is 23.6 Å². The first kappa shape index (κ1) is 26.1. The van der Waals surface area contributed by atoms with Gasteiger partial charge in [-0.3, -0.25) is 0 Å². The Balaban J connectivity index is 1.36. The van der Waals surface area contributed by atoms with Crippen molar-refractivity contribution in [3.63, 3.8) is 0 Å². The van der Waals surface area contributed by atoms with Crippen molar-refractivity contribution < 1.29 is 23.7 Å². The van der Waals surface area contributed by atoms with Gasteiger partial charge in [0.1, 0.15) is 34.6 Å². The maximum Gasteiger partial charge on any atom is 0.134 e. The van der Waals surface area contributed by atoms with Crippen LogP contribution in [0.15, 0.2) is 78.9 Å². The third kappa shape index (κ3) is 6.42. The zero-order valence-corrected chi connectivity index (χ0v) is 21.6. The number of aryl methyl sites for hydroxylation is 2. The van der Waals surface area contributed by atoms with Crippen LogP contribution in [0.2, 0.25) is 0 Å². The second kappa shape index (κ2) is 12.3. The Morgan fingerprint density at radius 2 is 1.41 bits per heavy atom. The zero-order chi connectivity index (χ0) is 26.2. The van der Waals surface area contributed by atoms with Gasteiger partial charge in [-0.15, -0.1) is 0 Å². The quantitative estimate of drug-likeness (QED) is 0.211. The van der Waals surface area contributed by atoms with E-state index >= 15 is 0 Å². The smallest absolute Gasteiger partial charge is 0.134 e. The molecule has 0 heterocycles. The summed E-state index contributed by atoms with van der Waals surface area (Å²) in [5.41, 5.74) is 4.51. The van der Waals surface area contributed by atoms with Crippen LogP contribution in [0, 0.1) is 12.7 Å². The van der Waals surface area contributed by atoms with Crippen molar-refractivity contribution in [1.82, 2.24) is 0 Å². The lowest BCUT2D eigenvalue weighted by Gasteiger charge is -2.17. The van der Waals surface area contributed by atoms with Gasteiger partial charge in [0.25, 0.3) is 0 Å². The topological polar surface area (TPSA) is 47.9 Å². The number of aromatic hydroxyl groups is 1. The first-order chi connectivity index (χ1) is 18.0. The minimum absolute atomic E-state index is 0.105. The highest BCUT2D eigenvalue weighted by atomic mass is 19.1. The van der Waals surface area contributed by atoms with Gasteiger partial charge in [-0.2, -0.15) is 0 Å². The Bertz CT molecular complexity index is 1330. The minimum Gasteiger partial charge on any atom is -0.507 e. The summed E-state index contributed by atoms with van der Waals surface area (Å²) in [5, 5.41) is 10.6. The van der Waals surface area contributed by atoms with Crippen molar-refractivity contribution in [2.45, 2.75) is 40.0 Å². The Morgan fingerprint density at radius 3 is 2.11 bits per heavy atom. The molecule has 0 amide bonds. The van der Waals surface area contributed by atoms with Crippen LogP contribution in [0.25, 0.3) is 11.1 Å². The summed E-state index contributed by atoms with van der Waals surface area (Å²) in [5.74, 6) is 2.89. The van der Waals surface area contributed by atoms with Gasteiger partial charge in [0.15, 0.2) is 0 Å². The lowest BCUT2D eigenvalue weighted by molar-refractivity contribution is 0.244. The van der Waals surface area contributed by atoms with Gasteiger partial charge in [0.2, 0.25) is 0 Å². The molecule has 4 rings (SSSR count). The molecule has 0 radical (unpaired) electrons. The Kier molecular flexibility index (Phi) is 8.68. The van der Waals surface area contributed by atoms with Crippen LogP contribution >= 0.6 is 0 Å². The molecule has 0 aliphatic heterocycles. The van der Waals surface area contributed by atoms with Gasteiger partial charge in [0.05, 0.1) is 13.2 Å². The maximum atomic E-state index is 13.3. The zero-order valence-electron chi connectivity index (χ0n) is 21.6. The number of phenolic OH excluding ortho intramolecular Hbond substituents is 1. The number of hydrogen-bond donors (Lipinski definition) is 1.